The van der Waals surface area contributed by atoms with Crippen molar-refractivity contribution in [3.05, 3.63) is 60.0 Å². The molecule has 0 fully saturated rings. The van der Waals surface area contributed by atoms with Crippen LogP contribution in [-0.4, -0.2) is 27.0 Å². The first-order chi connectivity index (χ1) is 14.5. The number of rotatable bonds is 6. The lowest BCUT2D eigenvalue weighted by Crippen LogP contribution is -2.13. The second kappa shape index (κ2) is 8.19. The molecular weight excluding hydrogens is 410 g/mol. The van der Waals surface area contributed by atoms with Gasteiger partial charge in [0.05, 0.1) is 22.7 Å². The van der Waals surface area contributed by atoms with Gasteiger partial charge in [-0.25, -0.2) is 9.97 Å². The molecule has 2 aromatic heterocycles. The number of nitrogens with one attached hydrogen (secondary N) is 1. The van der Waals surface area contributed by atoms with E-state index >= 15 is 0 Å². The number of alkyl halides is 2. The van der Waals surface area contributed by atoms with E-state index in [1.54, 1.807) is 13.0 Å². The zero-order valence-corrected chi connectivity index (χ0v) is 17.0. The van der Waals surface area contributed by atoms with Gasteiger partial charge in [-0.15, -0.1) is 0 Å². The van der Waals surface area contributed by atoms with E-state index < -0.39 is 6.55 Å². The van der Waals surface area contributed by atoms with Gasteiger partial charge in [0.2, 0.25) is 0 Å². The lowest BCUT2D eigenvalue weighted by molar-refractivity contribution is 0.0720. The summed E-state index contributed by atoms with van der Waals surface area (Å²) in [5.41, 5.74) is 0.881. The van der Waals surface area contributed by atoms with Crippen molar-refractivity contribution in [2.45, 2.75) is 20.4 Å². The summed E-state index contributed by atoms with van der Waals surface area (Å²) in [5.74, 6) is 0.193. The number of benzene rings is 2. The molecule has 0 radical (unpaired) electrons. The summed E-state index contributed by atoms with van der Waals surface area (Å²) in [6, 6.07) is 11.3. The first-order valence-electron chi connectivity index (χ1n) is 9.23. The number of anilines is 1. The molecule has 4 aromatic rings. The van der Waals surface area contributed by atoms with Crippen molar-refractivity contribution in [1.29, 1.82) is 0 Å². The second-order valence-corrected chi connectivity index (χ2v) is 7.45. The Kier molecular flexibility index (Phi) is 5.45. The van der Waals surface area contributed by atoms with E-state index in [2.05, 4.69) is 15.3 Å². The highest BCUT2D eigenvalue weighted by Crippen LogP contribution is 2.34. The lowest BCUT2D eigenvalue weighted by Gasteiger charge is -2.11. The number of hydrogen-bond donors (Lipinski definition) is 1. The Morgan fingerprint density at radius 1 is 1.27 bits per heavy atom. The van der Waals surface area contributed by atoms with Gasteiger partial charge in [0.15, 0.2) is 11.0 Å². The third-order valence-electron chi connectivity index (χ3n) is 4.49. The summed E-state index contributed by atoms with van der Waals surface area (Å²) < 4.78 is 32.8. The molecular formula is C21H18F2N4O2S. The number of aryl methyl sites for hydroxylation is 1. The van der Waals surface area contributed by atoms with Crippen molar-refractivity contribution in [1.82, 2.24) is 14.5 Å². The number of carbonyl (C=O) groups is 1. The lowest BCUT2D eigenvalue weighted by atomic mass is 10.1. The van der Waals surface area contributed by atoms with Gasteiger partial charge >= 0.3 is 6.55 Å². The molecule has 0 aliphatic rings. The van der Waals surface area contributed by atoms with Crippen LogP contribution in [0, 0.1) is 6.92 Å². The van der Waals surface area contributed by atoms with Gasteiger partial charge in [0.25, 0.3) is 5.91 Å². The van der Waals surface area contributed by atoms with Crippen LogP contribution in [0.25, 0.3) is 21.5 Å². The third kappa shape index (κ3) is 3.76. The van der Waals surface area contributed by atoms with Crippen LogP contribution in [0.4, 0.5) is 13.9 Å². The number of hydrogen-bond acceptors (Lipinski definition) is 5. The molecule has 0 unspecified atom stereocenters. The van der Waals surface area contributed by atoms with Gasteiger partial charge in [-0.1, -0.05) is 35.6 Å². The molecule has 1 N–H and O–H groups in total. The van der Waals surface area contributed by atoms with E-state index in [0.29, 0.717) is 33.6 Å². The summed E-state index contributed by atoms with van der Waals surface area (Å²) in [7, 11) is 0. The maximum atomic E-state index is 13.2. The maximum absolute atomic E-state index is 13.2. The molecule has 2 heterocycles. The van der Waals surface area contributed by atoms with Crippen LogP contribution in [0.5, 0.6) is 5.75 Å². The molecule has 0 aliphatic carbocycles. The average Bonchev–Trinajstić information content (AvgIpc) is 3.34. The number of ether oxygens (including phenoxy) is 1. The Morgan fingerprint density at radius 3 is 2.70 bits per heavy atom. The van der Waals surface area contributed by atoms with Crippen LogP contribution in [0.3, 0.4) is 0 Å². The number of carbonyl (C=O) groups excluding carboxylic acids is 1. The summed E-state index contributed by atoms with van der Waals surface area (Å²) in [5, 5.41) is 4.92. The molecule has 0 atom stereocenters. The van der Waals surface area contributed by atoms with Gasteiger partial charge in [-0.05, 0) is 36.8 Å². The maximum Gasteiger partial charge on any atom is 0.320 e. The molecule has 154 valence electrons. The number of nitrogens with zero attached hydrogens (tertiary/aromatic N) is 3. The standard InChI is InChI=1S/C21H18F2N4O2S/c1-3-29-16-11-14-7-5-4-6-13(14)10-15(16)19(28)26-21-25-12(2)17(30-21)18-24-8-9-27(18)20(22)23/h4-11,20H,3H2,1-2H3,(H,25,26,28). The molecule has 9 heteroatoms. The fourth-order valence-electron chi connectivity index (χ4n) is 3.14. The largest absolute Gasteiger partial charge is 0.493 e. The zero-order chi connectivity index (χ0) is 21.3. The van der Waals surface area contributed by atoms with Gasteiger partial charge in [0, 0.05) is 12.4 Å². The van der Waals surface area contributed by atoms with E-state index in [-0.39, 0.29) is 11.7 Å². The molecule has 0 saturated carbocycles. The number of fused-ring (bicyclic) bond motifs is 1. The summed E-state index contributed by atoms with van der Waals surface area (Å²) in [4.78, 5) is 21.8. The van der Waals surface area contributed by atoms with Gasteiger partial charge in [-0.3, -0.25) is 14.7 Å². The highest BCUT2D eigenvalue weighted by Gasteiger charge is 2.21. The van der Waals surface area contributed by atoms with Crippen molar-refractivity contribution in [3.63, 3.8) is 0 Å². The van der Waals surface area contributed by atoms with Gasteiger partial charge < -0.3 is 4.74 Å². The minimum Gasteiger partial charge on any atom is -0.493 e. The van der Waals surface area contributed by atoms with Crippen molar-refractivity contribution >= 4 is 33.1 Å². The predicted octanol–water partition coefficient (Wildman–Crippen LogP) is 5.51. The molecule has 0 aliphatic heterocycles. The number of imidazole rings is 1. The van der Waals surface area contributed by atoms with Crippen molar-refractivity contribution < 1.29 is 18.3 Å². The minimum absolute atomic E-state index is 0.112. The van der Waals surface area contributed by atoms with Crippen LogP contribution >= 0.6 is 11.3 Å². The topological polar surface area (TPSA) is 69.0 Å². The number of amides is 1. The first kappa shape index (κ1) is 20.0. The number of thiazole rings is 1. The molecule has 0 spiro atoms. The zero-order valence-electron chi connectivity index (χ0n) is 16.2. The number of aromatic nitrogens is 3. The monoisotopic (exact) mass is 428 g/mol. The molecule has 6 nitrogen and oxygen atoms in total. The smallest absolute Gasteiger partial charge is 0.320 e. The molecule has 4 rings (SSSR count). The van der Waals surface area contributed by atoms with E-state index in [1.165, 1.54) is 12.4 Å². The van der Waals surface area contributed by atoms with Gasteiger partial charge in [-0.2, -0.15) is 8.78 Å². The molecule has 0 saturated heterocycles. The SMILES string of the molecule is CCOc1cc2ccccc2cc1C(=O)Nc1nc(C)c(-c2nccn2C(F)F)s1. The van der Waals surface area contributed by atoms with Crippen LogP contribution in [0.15, 0.2) is 48.8 Å². The van der Waals surface area contributed by atoms with E-state index in [4.69, 9.17) is 4.74 Å². The first-order valence-corrected chi connectivity index (χ1v) is 10.0. The quantitative estimate of drug-likeness (QED) is 0.439. The van der Waals surface area contributed by atoms with Crippen molar-refractivity contribution in [3.8, 4) is 16.5 Å². The highest BCUT2D eigenvalue weighted by atomic mass is 32.1. The predicted molar refractivity (Wildman–Crippen MR) is 112 cm³/mol. The Balaban J connectivity index is 1.66. The average molecular weight is 428 g/mol. The molecule has 0 bridgehead atoms. The minimum atomic E-state index is -2.71. The second-order valence-electron chi connectivity index (χ2n) is 6.45. The normalized spacial score (nSPS) is 11.2. The molecule has 2 aromatic carbocycles. The number of halogens is 2. The Bertz CT molecular complexity index is 1220. The Morgan fingerprint density at radius 2 is 2.00 bits per heavy atom. The summed E-state index contributed by atoms with van der Waals surface area (Å²) in [6.45, 7) is 1.23. The van der Waals surface area contributed by atoms with Crippen LogP contribution < -0.4 is 10.1 Å². The van der Waals surface area contributed by atoms with Crippen LogP contribution in [-0.2, 0) is 0 Å². The fraction of sp³-hybridized carbons (Fsp3) is 0.190. The van der Waals surface area contributed by atoms with E-state index in [0.717, 1.165) is 26.7 Å². The fourth-order valence-corrected chi connectivity index (χ4v) is 4.10. The summed E-state index contributed by atoms with van der Waals surface area (Å²) in [6.07, 6.45) is 2.52. The van der Waals surface area contributed by atoms with Crippen LogP contribution in [0.1, 0.15) is 29.5 Å². The third-order valence-corrected chi connectivity index (χ3v) is 5.56. The van der Waals surface area contributed by atoms with Crippen LogP contribution in [0.2, 0.25) is 0 Å². The van der Waals surface area contributed by atoms with Crippen molar-refractivity contribution in [2.24, 2.45) is 0 Å². The van der Waals surface area contributed by atoms with Crippen molar-refractivity contribution in [2.75, 3.05) is 11.9 Å². The molecule has 30 heavy (non-hydrogen) atoms. The molecule has 1 amide bonds. The highest BCUT2D eigenvalue weighted by molar-refractivity contribution is 7.19. The Labute approximate surface area is 175 Å². The van der Waals surface area contributed by atoms with E-state index in [1.807, 2.05) is 37.3 Å². The summed E-state index contributed by atoms with van der Waals surface area (Å²) >= 11 is 1.09. The van der Waals surface area contributed by atoms with E-state index in [9.17, 15) is 13.6 Å². The van der Waals surface area contributed by atoms with Gasteiger partial charge in [0.1, 0.15) is 5.75 Å². The Hall–Kier alpha value is -3.33.